The molecule has 0 spiro atoms. The Balaban J connectivity index is 1.65. The van der Waals surface area contributed by atoms with Gasteiger partial charge in [0.25, 0.3) is 0 Å². The molecule has 0 unspecified atom stereocenters. The summed E-state index contributed by atoms with van der Waals surface area (Å²) in [5.41, 5.74) is 1.30. The zero-order chi connectivity index (χ0) is 16.4. The number of hydrogen-bond donors (Lipinski definition) is 3. The van der Waals surface area contributed by atoms with Crippen molar-refractivity contribution in [3.05, 3.63) is 46.6 Å². The number of aliphatic hydroxyl groups is 1. The molecule has 1 aliphatic carbocycles. The van der Waals surface area contributed by atoms with E-state index >= 15 is 0 Å². The molecule has 0 bridgehead atoms. The van der Waals surface area contributed by atoms with Gasteiger partial charge in [-0.05, 0) is 38.2 Å². The van der Waals surface area contributed by atoms with Crippen LogP contribution in [0.1, 0.15) is 38.2 Å². The van der Waals surface area contributed by atoms with Gasteiger partial charge in [-0.2, -0.15) is 0 Å². The Kier molecular flexibility index (Phi) is 4.19. The van der Waals surface area contributed by atoms with Crippen LogP contribution < -0.4 is 16.0 Å². The number of nitrogens with one attached hydrogen (secondary N) is 2. The number of imidazole rings is 1. The van der Waals surface area contributed by atoms with Gasteiger partial charge < -0.3 is 10.1 Å². The molecule has 1 fully saturated rings. The van der Waals surface area contributed by atoms with E-state index in [1.807, 2.05) is 31.2 Å². The van der Waals surface area contributed by atoms with Gasteiger partial charge in [-0.15, -0.1) is 0 Å². The highest BCUT2D eigenvalue weighted by Gasteiger charge is 2.35. The number of carbonyl (C=O) groups is 1. The summed E-state index contributed by atoms with van der Waals surface area (Å²) in [5, 5.41) is 13.6. The lowest BCUT2D eigenvalue weighted by atomic mass is 9.71. The molecule has 0 radical (unpaired) electrons. The van der Waals surface area contributed by atoms with Crippen molar-refractivity contribution in [2.45, 2.75) is 32.6 Å². The van der Waals surface area contributed by atoms with Crippen molar-refractivity contribution in [1.29, 1.82) is 0 Å². The second-order valence-corrected chi connectivity index (χ2v) is 5.99. The van der Waals surface area contributed by atoms with E-state index in [-0.39, 0.29) is 17.6 Å². The summed E-state index contributed by atoms with van der Waals surface area (Å²) in [6.07, 6.45) is 3.54. The molecule has 2 aromatic rings. The van der Waals surface area contributed by atoms with E-state index in [0.717, 1.165) is 12.8 Å². The second-order valence-electron chi connectivity index (χ2n) is 5.99. The molecule has 5 nitrogen and oxygen atoms in total. The summed E-state index contributed by atoms with van der Waals surface area (Å²) < 4.78 is 0. The third-order valence-corrected chi connectivity index (χ3v) is 4.38. The summed E-state index contributed by atoms with van der Waals surface area (Å²) in [5.74, 6) is 0.974. The Morgan fingerprint density at radius 3 is 2.61 bits per heavy atom. The number of carbonyl (C=O) groups excluding carboxylic acids is 1. The number of anilines is 1. The summed E-state index contributed by atoms with van der Waals surface area (Å²) in [6.45, 7) is 3.42. The maximum absolute atomic E-state index is 12.3. The quantitative estimate of drug-likeness (QED) is 0.811. The van der Waals surface area contributed by atoms with E-state index in [9.17, 15) is 9.90 Å². The highest BCUT2D eigenvalue weighted by atomic mass is 16.3. The lowest BCUT2D eigenvalue weighted by Gasteiger charge is -2.34. The number of hydrogen-bond acceptors (Lipinski definition) is 3. The fraction of sp³-hybridized carbons (Fsp3) is 0.333. The molecular weight excluding hydrogens is 290 g/mol. The van der Waals surface area contributed by atoms with Crippen LogP contribution in [0.3, 0.4) is 0 Å². The molecular formula is C18H21N3O2. The van der Waals surface area contributed by atoms with Gasteiger partial charge in [0.1, 0.15) is 11.1 Å². The van der Waals surface area contributed by atoms with Gasteiger partial charge in [0.2, 0.25) is 11.9 Å². The van der Waals surface area contributed by atoms with Crippen molar-refractivity contribution in [2.24, 2.45) is 5.92 Å². The maximum atomic E-state index is 12.3. The third kappa shape index (κ3) is 3.13. The molecule has 0 atom stereocenters. The molecule has 3 N–H and O–H groups in total. The molecule has 1 aromatic heterocycles. The monoisotopic (exact) mass is 311 g/mol. The molecule has 23 heavy (non-hydrogen) atoms. The van der Waals surface area contributed by atoms with Crippen molar-refractivity contribution in [2.75, 3.05) is 5.32 Å². The highest BCUT2D eigenvalue weighted by Crippen LogP contribution is 2.41. The van der Waals surface area contributed by atoms with Gasteiger partial charge in [-0.1, -0.05) is 36.4 Å². The zero-order valence-electron chi connectivity index (χ0n) is 13.3. The Labute approximate surface area is 134 Å². The number of aliphatic hydroxyl groups excluding tert-OH is 1. The van der Waals surface area contributed by atoms with Gasteiger partial charge in [0, 0.05) is 5.92 Å². The first-order valence-electron chi connectivity index (χ1n) is 7.86. The Hall–Kier alpha value is -2.56. The molecule has 1 saturated carbocycles. The van der Waals surface area contributed by atoms with E-state index in [4.69, 9.17) is 0 Å². The van der Waals surface area contributed by atoms with E-state index in [1.54, 1.807) is 6.92 Å². The minimum atomic E-state index is -0.0178. The minimum Gasteiger partial charge on any atom is -0.510 e. The molecule has 120 valence electrons. The smallest absolute Gasteiger partial charge is 0.229 e. The van der Waals surface area contributed by atoms with Crippen LogP contribution in [0.25, 0.3) is 11.8 Å². The molecule has 3 rings (SSSR count). The number of H-pyrrole nitrogens is 1. The van der Waals surface area contributed by atoms with Gasteiger partial charge >= 0.3 is 0 Å². The molecule has 1 heterocycles. The van der Waals surface area contributed by atoms with E-state index in [1.165, 1.54) is 5.56 Å². The van der Waals surface area contributed by atoms with Gasteiger partial charge in [0.15, 0.2) is 0 Å². The first kappa shape index (κ1) is 15.3. The van der Waals surface area contributed by atoms with Crippen molar-refractivity contribution in [3.8, 4) is 0 Å². The second kappa shape index (κ2) is 6.28. The average Bonchev–Trinajstić information content (AvgIpc) is 2.90. The summed E-state index contributed by atoms with van der Waals surface area (Å²) in [4.78, 5) is 19.5. The largest absolute Gasteiger partial charge is 0.510 e. The number of aromatic nitrogens is 2. The highest BCUT2D eigenvalue weighted by molar-refractivity contribution is 5.91. The normalized spacial score (nSPS) is 22.4. The molecule has 1 aromatic carbocycles. The van der Waals surface area contributed by atoms with Crippen LogP contribution in [0.5, 0.6) is 0 Å². The number of aromatic amines is 1. The first-order chi connectivity index (χ1) is 11.1. The Morgan fingerprint density at radius 1 is 1.35 bits per heavy atom. The van der Waals surface area contributed by atoms with Crippen LogP contribution in [0.2, 0.25) is 0 Å². The van der Waals surface area contributed by atoms with E-state index in [2.05, 4.69) is 27.4 Å². The predicted octanol–water partition coefficient (Wildman–Crippen LogP) is 2.03. The molecule has 5 heteroatoms. The fourth-order valence-electron chi connectivity index (χ4n) is 2.98. The van der Waals surface area contributed by atoms with Crippen LogP contribution in [0.15, 0.2) is 30.3 Å². The summed E-state index contributed by atoms with van der Waals surface area (Å²) >= 11 is 0. The minimum absolute atomic E-state index is 0.0158. The summed E-state index contributed by atoms with van der Waals surface area (Å²) in [7, 11) is 0. The van der Waals surface area contributed by atoms with Crippen LogP contribution >= 0.6 is 0 Å². The van der Waals surface area contributed by atoms with Crippen LogP contribution in [0.4, 0.5) is 5.95 Å². The number of rotatable bonds is 3. The van der Waals surface area contributed by atoms with Gasteiger partial charge in [0.05, 0.1) is 5.35 Å². The molecule has 0 saturated heterocycles. The van der Waals surface area contributed by atoms with Crippen molar-refractivity contribution < 1.29 is 9.90 Å². The van der Waals surface area contributed by atoms with Crippen LogP contribution in [-0.4, -0.2) is 21.0 Å². The first-order valence-corrected chi connectivity index (χ1v) is 7.86. The number of nitrogens with zero attached hydrogens (tertiary/aromatic N) is 1. The van der Waals surface area contributed by atoms with E-state index in [0.29, 0.717) is 22.6 Å². The Bertz CT molecular complexity index is 814. The van der Waals surface area contributed by atoms with Gasteiger partial charge in [-0.25, -0.2) is 4.98 Å². The number of benzene rings is 1. The predicted molar refractivity (Wildman–Crippen MR) is 90.2 cm³/mol. The SMILES string of the molecule is C/C=c1/[nH]c(NC(=O)C2CC(c3ccccc3)C2)n/c1=C(/C)O. The van der Waals surface area contributed by atoms with Crippen molar-refractivity contribution in [3.63, 3.8) is 0 Å². The summed E-state index contributed by atoms with van der Waals surface area (Å²) in [6, 6.07) is 10.3. The topological polar surface area (TPSA) is 78.0 Å². The van der Waals surface area contributed by atoms with Crippen molar-refractivity contribution in [1.82, 2.24) is 9.97 Å². The van der Waals surface area contributed by atoms with Crippen LogP contribution in [0, 0.1) is 5.92 Å². The molecule has 1 amide bonds. The Morgan fingerprint density at radius 2 is 2.04 bits per heavy atom. The standard InChI is InChI=1S/C18H21N3O2/c1-3-15-16(11(2)22)20-18(19-15)21-17(23)14-9-13(10-14)12-7-5-4-6-8-12/h3-8,13-14,22H,9-10H2,1-2H3,(H2,19,20,21,23)/b15-3+,16-11-. The lowest BCUT2D eigenvalue weighted by molar-refractivity contribution is -0.122. The number of amides is 1. The maximum Gasteiger partial charge on any atom is 0.229 e. The van der Waals surface area contributed by atoms with Gasteiger partial charge in [-0.3, -0.25) is 10.1 Å². The lowest BCUT2D eigenvalue weighted by Crippen LogP contribution is -2.33. The third-order valence-electron chi connectivity index (χ3n) is 4.38. The zero-order valence-corrected chi connectivity index (χ0v) is 13.3. The van der Waals surface area contributed by atoms with Crippen molar-refractivity contribution >= 4 is 23.7 Å². The fourth-order valence-corrected chi connectivity index (χ4v) is 2.98. The molecule has 0 aliphatic heterocycles. The average molecular weight is 311 g/mol. The molecule has 1 aliphatic rings. The van der Waals surface area contributed by atoms with E-state index < -0.39 is 0 Å². The van der Waals surface area contributed by atoms with Crippen LogP contribution in [-0.2, 0) is 4.79 Å².